The highest BCUT2D eigenvalue weighted by Crippen LogP contribution is 2.18. The number of thiazole rings is 1. The smallest absolute Gasteiger partial charge is 0.235 e. The third-order valence-corrected chi connectivity index (χ3v) is 6.15. The lowest BCUT2D eigenvalue weighted by molar-refractivity contribution is -0.119. The van der Waals surface area contributed by atoms with Crippen molar-refractivity contribution in [3.63, 3.8) is 0 Å². The number of hydrogen-bond donors (Lipinski definition) is 1. The second kappa shape index (κ2) is 8.06. The van der Waals surface area contributed by atoms with Crippen LogP contribution in [0.5, 0.6) is 0 Å². The average Bonchev–Trinajstić information content (AvgIpc) is 2.85. The molecule has 2 rings (SSSR count). The van der Waals surface area contributed by atoms with Crippen molar-refractivity contribution in [2.75, 3.05) is 5.75 Å². The summed E-state index contributed by atoms with van der Waals surface area (Å²) in [5.41, 5.74) is 0.555. The van der Waals surface area contributed by atoms with Gasteiger partial charge < -0.3 is 5.32 Å². The van der Waals surface area contributed by atoms with E-state index in [0.717, 1.165) is 43.5 Å². The highest BCUT2D eigenvalue weighted by Gasteiger charge is 2.22. The molecule has 0 bridgehead atoms. The van der Waals surface area contributed by atoms with Crippen molar-refractivity contribution in [1.29, 1.82) is 0 Å². The molecule has 0 radical (unpaired) electrons. The molecule has 0 unspecified atom stereocenters. The number of carbonyl (C=O) groups excluding carboxylic acids is 1. The number of sulfone groups is 1. The Morgan fingerprint density at radius 1 is 1.36 bits per heavy atom. The fraction of sp³-hybridized carbons (Fsp3) is 0.733. The Morgan fingerprint density at radius 2 is 2.09 bits per heavy atom. The molecule has 5 nitrogen and oxygen atoms in total. The lowest BCUT2D eigenvalue weighted by Crippen LogP contribution is -2.39. The maximum absolute atomic E-state index is 12.1. The Kier molecular flexibility index (Phi) is 6.37. The van der Waals surface area contributed by atoms with E-state index in [-0.39, 0.29) is 17.7 Å². The maximum Gasteiger partial charge on any atom is 0.235 e. The van der Waals surface area contributed by atoms with Crippen LogP contribution in [0.2, 0.25) is 0 Å². The molecule has 0 atom stereocenters. The van der Waals surface area contributed by atoms with Gasteiger partial charge in [0.2, 0.25) is 5.91 Å². The Hall–Kier alpha value is -0.950. The van der Waals surface area contributed by atoms with Gasteiger partial charge in [0.1, 0.15) is 5.75 Å². The molecule has 1 fully saturated rings. The molecule has 1 saturated carbocycles. The van der Waals surface area contributed by atoms with Crippen LogP contribution in [-0.4, -0.2) is 31.1 Å². The van der Waals surface area contributed by atoms with Crippen LogP contribution in [0.4, 0.5) is 0 Å². The summed E-state index contributed by atoms with van der Waals surface area (Å²) in [6, 6.07) is 0.145. The monoisotopic (exact) mass is 344 g/mol. The van der Waals surface area contributed by atoms with E-state index in [1.807, 2.05) is 0 Å². The first-order valence-corrected chi connectivity index (χ1v) is 10.6. The fourth-order valence-electron chi connectivity index (χ4n) is 2.74. The van der Waals surface area contributed by atoms with E-state index in [1.54, 1.807) is 5.38 Å². The largest absolute Gasteiger partial charge is 0.352 e. The van der Waals surface area contributed by atoms with Crippen LogP contribution in [0, 0.1) is 0 Å². The molecule has 0 spiro atoms. The van der Waals surface area contributed by atoms with E-state index in [4.69, 9.17) is 0 Å². The molecule has 1 amide bonds. The molecule has 1 aliphatic carbocycles. The average molecular weight is 345 g/mol. The van der Waals surface area contributed by atoms with Gasteiger partial charge in [-0.15, -0.1) is 11.3 Å². The summed E-state index contributed by atoms with van der Waals surface area (Å²) in [6.07, 6.45) is 7.19. The van der Waals surface area contributed by atoms with Gasteiger partial charge in [-0.25, -0.2) is 13.4 Å². The number of aryl methyl sites for hydroxylation is 1. The van der Waals surface area contributed by atoms with Crippen molar-refractivity contribution in [2.45, 2.75) is 63.7 Å². The number of amides is 1. The second-order valence-electron chi connectivity index (χ2n) is 5.92. The van der Waals surface area contributed by atoms with Crippen molar-refractivity contribution in [3.8, 4) is 0 Å². The van der Waals surface area contributed by atoms with E-state index >= 15 is 0 Å². The van der Waals surface area contributed by atoms with Crippen LogP contribution < -0.4 is 5.32 Å². The van der Waals surface area contributed by atoms with E-state index in [2.05, 4.69) is 17.2 Å². The fourth-order valence-corrected chi connectivity index (χ4v) is 4.93. The third-order valence-electron chi connectivity index (χ3n) is 3.75. The third kappa shape index (κ3) is 5.68. The molecule has 22 heavy (non-hydrogen) atoms. The van der Waals surface area contributed by atoms with Gasteiger partial charge in [0, 0.05) is 11.4 Å². The van der Waals surface area contributed by atoms with Crippen molar-refractivity contribution in [2.24, 2.45) is 0 Å². The van der Waals surface area contributed by atoms with Crippen molar-refractivity contribution < 1.29 is 13.2 Å². The van der Waals surface area contributed by atoms with Gasteiger partial charge in [-0.05, 0) is 25.7 Å². The summed E-state index contributed by atoms with van der Waals surface area (Å²) in [5, 5.41) is 5.59. The van der Waals surface area contributed by atoms with Gasteiger partial charge in [-0.1, -0.05) is 26.2 Å². The highest BCUT2D eigenvalue weighted by atomic mass is 32.2. The lowest BCUT2D eigenvalue weighted by atomic mass is 9.95. The zero-order valence-corrected chi connectivity index (χ0v) is 14.6. The van der Waals surface area contributed by atoms with Crippen LogP contribution >= 0.6 is 11.3 Å². The molecular formula is C15H24N2O3S2. The molecule has 1 heterocycles. The van der Waals surface area contributed by atoms with Gasteiger partial charge in [-0.3, -0.25) is 4.79 Å². The molecule has 1 aliphatic rings. The second-order valence-corrected chi connectivity index (χ2v) is 8.92. The van der Waals surface area contributed by atoms with Crippen LogP contribution in [-0.2, 0) is 26.8 Å². The minimum absolute atomic E-state index is 0.145. The topological polar surface area (TPSA) is 76.1 Å². The molecule has 0 aliphatic heterocycles. The van der Waals surface area contributed by atoms with Crippen LogP contribution in [0.1, 0.15) is 56.2 Å². The van der Waals surface area contributed by atoms with E-state index in [0.29, 0.717) is 5.69 Å². The van der Waals surface area contributed by atoms with Gasteiger partial charge >= 0.3 is 0 Å². The predicted molar refractivity (Wildman–Crippen MR) is 88.6 cm³/mol. The van der Waals surface area contributed by atoms with E-state index < -0.39 is 15.6 Å². The minimum atomic E-state index is -3.45. The maximum atomic E-state index is 12.1. The number of nitrogens with one attached hydrogen (secondary N) is 1. The Bertz CT molecular complexity index is 590. The number of nitrogens with zero attached hydrogens (tertiary/aromatic N) is 1. The quantitative estimate of drug-likeness (QED) is 0.824. The zero-order valence-electron chi connectivity index (χ0n) is 13.0. The summed E-state index contributed by atoms with van der Waals surface area (Å²) in [4.78, 5) is 16.2. The van der Waals surface area contributed by atoms with Crippen LogP contribution in [0.3, 0.4) is 0 Å². The number of hydrogen-bond acceptors (Lipinski definition) is 5. The van der Waals surface area contributed by atoms with Gasteiger partial charge in [0.05, 0.1) is 16.5 Å². The molecule has 124 valence electrons. The molecule has 1 aromatic rings. The van der Waals surface area contributed by atoms with E-state index in [9.17, 15) is 13.2 Å². The molecular weight excluding hydrogens is 320 g/mol. The zero-order chi connectivity index (χ0) is 16.0. The summed E-state index contributed by atoms with van der Waals surface area (Å²) in [7, 11) is -3.45. The first-order valence-electron chi connectivity index (χ1n) is 7.91. The number of carbonyl (C=O) groups is 1. The molecule has 1 N–H and O–H groups in total. The Morgan fingerprint density at radius 3 is 2.77 bits per heavy atom. The van der Waals surface area contributed by atoms with Gasteiger partial charge in [-0.2, -0.15) is 0 Å². The standard InChI is InChI=1S/C15H24N2O3S2/c1-2-6-15-17-13(9-21-15)10-22(19,20)11-14(18)16-12-7-4-3-5-8-12/h9,12H,2-8,10-11H2,1H3,(H,16,18). The summed E-state index contributed by atoms with van der Waals surface area (Å²) in [6.45, 7) is 2.06. The predicted octanol–water partition coefficient (Wildman–Crippen LogP) is 2.46. The van der Waals surface area contributed by atoms with Crippen molar-refractivity contribution in [1.82, 2.24) is 10.3 Å². The van der Waals surface area contributed by atoms with E-state index in [1.165, 1.54) is 17.8 Å². The SMILES string of the molecule is CCCc1nc(CS(=O)(=O)CC(=O)NC2CCCCC2)cs1. The first kappa shape index (κ1) is 17.4. The van der Waals surface area contributed by atoms with Gasteiger partial charge in [0.15, 0.2) is 9.84 Å². The Labute approximate surface area is 136 Å². The van der Waals surface area contributed by atoms with Crippen LogP contribution in [0.25, 0.3) is 0 Å². The highest BCUT2D eigenvalue weighted by molar-refractivity contribution is 7.91. The number of rotatable bonds is 7. The molecule has 0 saturated heterocycles. The number of aromatic nitrogens is 1. The van der Waals surface area contributed by atoms with Gasteiger partial charge in [0.25, 0.3) is 0 Å². The summed E-state index contributed by atoms with van der Waals surface area (Å²) >= 11 is 1.49. The summed E-state index contributed by atoms with van der Waals surface area (Å²) < 4.78 is 24.2. The van der Waals surface area contributed by atoms with Crippen molar-refractivity contribution in [3.05, 3.63) is 16.1 Å². The minimum Gasteiger partial charge on any atom is -0.352 e. The summed E-state index contributed by atoms with van der Waals surface area (Å²) in [5.74, 6) is -0.967. The molecule has 0 aromatic carbocycles. The molecule has 7 heteroatoms. The van der Waals surface area contributed by atoms with Crippen molar-refractivity contribution >= 4 is 27.1 Å². The van der Waals surface area contributed by atoms with Crippen LogP contribution in [0.15, 0.2) is 5.38 Å². The molecule has 1 aromatic heterocycles. The Balaban J connectivity index is 1.85. The normalized spacial score (nSPS) is 16.6. The first-order chi connectivity index (χ1) is 10.5. The lowest BCUT2D eigenvalue weighted by Gasteiger charge is -2.22.